The first-order chi connectivity index (χ1) is 7.84. The molecule has 2 N–H and O–H groups in total. The SMILES string of the molecule is Cl.NC1=NC(CC=Cc2ccccc2)CCC1. The maximum Gasteiger partial charge on any atom is 0.0940 e. The van der Waals surface area contributed by atoms with Gasteiger partial charge in [0.2, 0.25) is 0 Å². The highest BCUT2D eigenvalue weighted by Crippen LogP contribution is 2.15. The molecule has 1 aromatic carbocycles. The highest BCUT2D eigenvalue weighted by atomic mass is 35.5. The Hall–Kier alpha value is -1.28. The van der Waals surface area contributed by atoms with Crippen LogP contribution >= 0.6 is 12.4 Å². The fraction of sp³-hybridized carbons (Fsp3) is 0.357. The summed E-state index contributed by atoms with van der Waals surface area (Å²) in [5.41, 5.74) is 6.98. The Morgan fingerprint density at radius 3 is 2.76 bits per heavy atom. The van der Waals surface area contributed by atoms with Crippen molar-refractivity contribution in [3.8, 4) is 0 Å². The van der Waals surface area contributed by atoms with E-state index in [4.69, 9.17) is 5.73 Å². The van der Waals surface area contributed by atoms with Gasteiger partial charge in [-0.05, 0) is 24.8 Å². The lowest BCUT2D eigenvalue weighted by molar-refractivity contribution is 0.573. The summed E-state index contributed by atoms with van der Waals surface area (Å²) in [5.74, 6) is 0.823. The number of halogens is 1. The Kier molecular flexibility index (Phi) is 5.78. The van der Waals surface area contributed by atoms with Gasteiger partial charge < -0.3 is 5.73 Å². The predicted molar refractivity (Wildman–Crippen MR) is 76.6 cm³/mol. The van der Waals surface area contributed by atoms with Gasteiger partial charge in [0.1, 0.15) is 0 Å². The van der Waals surface area contributed by atoms with E-state index in [1.54, 1.807) is 0 Å². The lowest BCUT2D eigenvalue weighted by Gasteiger charge is -2.16. The fourth-order valence-electron chi connectivity index (χ4n) is 1.98. The number of aliphatic imine (C=N–C) groups is 1. The van der Waals surface area contributed by atoms with Crippen LogP contribution in [0.4, 0.5) is 0 Å². The Morgan fingerprint density at radius 2 is 2.06 bits per heavy atom. The van der Waals surface area contributed by atoms with Crippen molar-refractivity contribution in [2.45, 2.75) is 31.7 Å². The summed E-state index contributed by atoms with van der Waals surface area (Å²) in [5, 5.41) is 0. The van der Waals surface area contributed by atoms with Crippen LogP contribution in [0, 0.1) is 0 Å². The van der Waals surface area contributed by atoms with Gasteiger partial charge in [0.15, 0.2) is 0 Å². The van der Waals surface area contributed by atoms with Gasteiger partial charge in [0.25, 0.3) is 0 Å². The molecule has 2 rings (SSSR count). The second-order valence-electron chi connectivity index (χ2n) is 4.22. The van der Waals surface area contributed by atoms with Crippen LogP contribution in [0.5, 0.6) is 0 Å². The molecule has 92 valence electrons. The maximum atomic E-state index is 5.73. The van der Waals surface area contributed by atoms with E-state index in [0.29, 0.717) is 6.04 Å². The molecule has 1 unspecified atom stereocenters. The lowest BCUT2D eigenvalue weighted by Crippen LogP contribution is -2.21. The van der Waals surface area contributed by atoms with E-state index in [0.717, 1.165) is 18.7 Å². The van der Waals surface area contributed by atoms with Crippen molar-refractivity contribution in [2.24, 2.45) is 10.7 Å². The molecule has 2 nitrogen and oxygen atoms in total. The molecule has 0 saturated carbocycles. The van der Waals surface area contributed by atoms with Crippen LogP contribution in [0.25, 0.3) is 6.08 Å². The lowest BCUT2D eigenvalue weighted by atomic mass is 10.0. The number of nitrogens with zero attached hydrogens (tertiary/aromatic N) is 1. The van der Waals surface area contributed by atoms with Crippen LogP contribution in [0.3, 0.4) is 0 Å². The van der Waals surface area contributed by atoms with E-state index in [9.17, 15) is 0 Å². The summed E-state index contributed by atoms with van der Waals surface area (Å²) in [6, 6.07) is 10.7. The van der Waals surface area contributed by atoms with Crippen molar-refractivity contribution >= 4 is 24.3 Å². The standard InChI is InChI=1S/C14H18N2.ClH/c15-14-11-5-10-13(16-14)9-4-8-12-6-2-1-3-7-12;/h1-4,6-8,13H,5,9-11H2,(H2,15,16);1H. The molecule has 0 bridgehead atoms. The number of hydrogen-bond acceptors (Lipinski definition) is 2. The third kappa shape index (κ3) is 4.61. The molecule has 1 aliphatic rings. The first-order valence-electron chi connectivity index (χ1n) is 5.88. The number of hydrogen-bond donors (Lipinski definition) is 1. The Bertz CT molecular complexity index is 384. The normalized spacial score (nSPS) is 19.8. The van der Waals surface area contributed by atoms with Gasteiger partial charge in [-0.25, -0.2) is 0 Å². The molecular formula is C14H19ClN2. The highest BCUT2D eigenvalue weighted by molar-refractivity contribution is 5.85. The Balaban J connectivity index is 0.00000144. The largest absolute Gasteiger partial charge is 0.387 e. The zero-order valence-corrected chi connectivity index (χ0v) is 10.7. The third-order valence-corrected chi connectivity index (χ3v) is 2.84. The van der Waals surface area contributed by atoms with Gasteiger partial charge in [-0.2, -0.15) is 0 Å². The second kappa shape index (κ2) is 7.13. The molecule has 3 heteroatoms. The highest BCUT2D eigenvalue weighted by Gasteiger charge is 2.11. The van der Waals surface area contributed by atoms with Crippen molar-refractivity contribution in [1.82, 2.24) is 0 Å². The van der Waals surface area contributed by atoms with Crippen LogP contribution in [-0.2, 0) is 0 Å². The minimum atomic E-state index is 0. The van der Waals surface area contributed by atoms with Gasteiger partial charge >= 0.3 is 0 Å². The molecule has 0 spiro atoms. The van der Waals surface area contributed by atoms with Crippen molar-refractivity contribution in [3.63, 3.8) is 0 Å². The summed E-state index contributed by atoms with van der Waals surface area (Å²) in [7, 11) is 0. The molecule has 0 fully saturated rings. The van der Waals surface area contributed by atoms with Crippen LogP contribution < -0.4 is 5.73 Å². The van der Waals surface area contributed by atoms with Crippen LogP contribution in [0.15, 0.2) is 41.4 Å². The average molecular weight is 251 g/mol. The molecule has 1 aliphatic heterocycles. The molecule has 1 atom stereocenters. The van der Waals surface area contributed by atoms with Crippen molar-refractivity contribution in [2.75, 3.05) is 0 Å². The molecule has 1 aromatic rings. The molecule has 0 amide bonds. The van der Waals surface area contributed by atoms with Crippen LogP contribution in [-0.4, -0.2) is 11.9 Å². The Morgan fingerprint density at radius 1 is 1.29 bits per heavy atom. The van der Waals surface area contributed by atoms with E-state index in [-0.39, 0.29) is 12.4 Å². The Labute approximate surface area is 109 Å². The molecule has 1 heterocycles. The number of amidine groups is 1. The summed E-state index contributed by atoms with van der Waals surface area (Å²) in [4.78, 5) is 4.46. The van der Waals surface area contributed by atoms with E-state index in [1.807, 2.05) is 6.07 Å². The fourth-order valence-corrected chi connectivity index (χ4v) is 1.98. The minimum absolute atomic E-state index is 0. The van der Waals surface area contributed by atoms with E-state index in [1.165, 1.54) is 18.4 Å². The summed E-state index contributed by atoms with van der Waals surface area (Å²) >= 11 is 0. The van der Waals surface area contributed by atoms with E-state index < -0.39 is 0 Å². The van der Waals surface area contributed by atoms with Gasteiger partial charge in [-0.15, -0.1) is 12.4 Å². The summed E-state index contributed by atoms with van der Waals surface area (Å²) in [6.45, 7) is 0. The molecular weight excluding hydrogens is 232 g/mol. The number of nitrogens with two attached hydrogens (primary N) is 1. The monoisotopic (exact) mass is 250 g/mol. The molecule has 0 aliphatic carbocycles. The maximum absolute atomic E-state index is 5.73. The summed E-state index contributed by atoms with van der Waals surface area (Å²) in [6.07, 6.45) is 8.66. The number of rotatable bonds is 3. The van der Waals surface area contributed by atoms with Gasteiger partial charge in [0.05, 0.1) is 11.9 Å². The van der Waals surface area contributed by atoms with Crippen LogP contribution in [0.1, 0.15) is 31.2 Å². The molecule has 17 heavy (non-hydrogen) atoms. The minimum Gasteiger partial charge on any atom is -0.387 e. The quantitative estimate of drug-likeness (QED) is 0.877. The second-order valence-corrected chi connectivity index (χ2v) is 4.22. The summed E-state index contributed by atoms with van der Waals surface area (Å²) < 4.78 is 0. The zero-order chi connectivity index (χ0) is 11.2. The molecule has 0 aromatic heterocycles. The van der Waals surface area contributed by atoms with E-state index >= 15 is 0 Å². The van der Waals surface area contributed by atoms with Crippen molar-refractivity contribution in [1.29, 1.82) is 0 Å². The first kappa shape index (κ1) is 13.8. The molecule has 0 saturated heterocycles. The zero-order valence-electron chi connectivity index (χ0n) is 9.88. The third-order valence-electron chi connectivity index (χ3n) is 2.84. The van der Waals surface area contributed by atoms with Gasteiger partial charge in [-0.3, -0.25) is 4.99 Å². The molecule has 0 radical (unpaired) electrons. The van der Waals surface area contributed by atoms with Gasteiger partial charge in [-0.1, -0.05) is 42.5 Å². The topological polar surface area (TPSA) is 38.4 Å². The van der Waals surface area contributed by atoms with Crippen molar-refractivity contribution in [3.05, 3.63) is 42.0 Å². The van der Waals surface area contributed by atoms with Gasteiger partial charge in [0, 0.05) is 6.42 Å². The van der Waals surface area contributed by atoms with Crippen molar-refractivity contribution < 1.29 is 0 Å². The average Bonchev–Trinajstić information content (AvgIpc) is 2.30. The predicted octanol–water partition coefficient (Wildman–Crippen LogP) is 3.42. The van der Waals surface area contributed by atoms with Crippen LogP contribution in [0.2, 0.25) is 0 Å². The van der Waals surface area contributed by atoms with E-state index in [2.05, 4.69) is 41.4 Å². The first-order valence-corrected chi connectivity index (χ1v) is 5.88. The smallest absolute Gasteiger partial charge is 0.0940 e. The number of benzene rings is 1.